The van der Waals surface area contributed by atoms with Crippen molar-refractivity contribution in [3.8, 4) is 0 Å². The molecule has 0 atom stereocenters. The van der Waals surface area contributed by atoms with Crippen LogP contribution in [0.4, 0.5) is 0 Å². The molecular formula is C24H24Cl2N2. The van der Waals surface area contributed by atoms with Gasteiger partial charge >= 0.3 is 0 Å². The van der Waals surface area contributed by atoms with Crippen molar-refractivity contribution in [2.75, 3.05) is 0 Å². The normalized spacial score (nSPS) is 10.8. The summed E-state index contributed by atoms with van der Waals surface area (Å²) < 4.78 is 2.29. The molecule has 0 spiro atoms. The number of halogens is 2. The molecule has 144 valence electrons. The molecule has 0 radical (unpaired) electrons. The van der Waals surface area contributed by atoms with E-state index in [1.807, 2.05) is 18.2 Å². The third-order valence-electron chi connectivity index (χ3n) is 4.93. The van der Waals surface area contributed by atoms with Crippen molar-refractivity contribution >= 4 is 34.9 Å². The SMILES string of the molecule is Cc1ccc(CNCc2cn(Cc3ccccc3Cl)c3ccccc23)cc1.Cl. The number of rotatable bonds is 6. The molecule has 4 heteroatoms. The first kappa shape index (κ1) is 20.5. The number of nitrogens with zero attached hydrogens (tertiary/aromatic N) is 1. The molecule has 0 amide bonds. The monoisotopic (exact) mass is 410 g/mol. The molecule has 0 fully saturated rings. The Morgan fingerprint density at radius 2 is 1.54 bits per heavy atom. The van der Waals surface area contributed by atoms with E-state index in [2.05, 4.69) is 77.6 Å². The summed E-state index contributed by atoms with van der Waals surface area (Å²) in [5, 5.41) is 5.69. The lowest BCUT2D eigenvalue weighted by Crippen LogP contribution is -2.12. The van der Waals surface area contributed by atoms with Crippen molar-refractivity contribution in [2.24, 2.45) is 0 Å². The summed E-state index contributed by atoms with van der Waals surface area (Å²) >= 11 is 6.37. The van der Waals surface area contributed by atoms with E-state index in [9.17, 15) is 0 Å². The van der Waals surface area contributed by atoms with Crippen LogP contribution in [-0.2, 0) is 19.6 Å². The molecule has 3 aromatic carbocycles. The minimum absolute atomic E-state index is 0. The van der Waals surface area contributed by atoms with Crippen LogP contribution in [0.25, 0.3) is 10.9 Å². The van der Waals surface area contributed by atoms with E-state index >= 15 is 0 Å². The van der Waals surface area contributed by atoms with Gasteiger partial charge in [0.1, 0.15) is 0 Å². The Morgan fingerprint density at radius 1 is 0.821 bits per heavy atom. The molecule has 1 heterocycles. The first-order valence-corrected chi connectivity index (χ1v) is 9.65. The zero-order valence-corrected chi connectivity index (χ0v) is 17.4. The van der Waals surface area contributed by atoms with Gasteiger partial charge in [0.05, 0.1) is 0 Å². The molecule has 0 unspecified atom stereocenters. The molecule has 4 aromatic rings. The van der Waals surface area contributed by atoms with E-state index < -0.39 is 0 Å². The first-order chi connectivity index (χ1) is 13.2. The Bertz CT molecular complexity index is 1050. The summed E-state index contributed by atoms with van der Waals surface area (Å²) in [7, 11) is 0. The lowest BCUT2D eigenvalue weighted by molar-refractivity contribution is 0.692. The van der Waals surface area contributed by atoms with Crippen LogP contribution in [-0.4, -0.2) is 4.57 Å². The topological polar surface area (TPSA) is 17.0 Å². The van der Waals surface area contributed by atoms with Crippen LogP contribution in [0.5, 0.6) is 0 Å². The van der Waals surface area contributed by atoms with Gasteiger partial charge in [-0.1, -0.05) is 77.8 Å². The lowest BCUT2D eigenvalue weighted by Gasteiger charge is -2.07. The highest BCUT2D eigenvalue weighted by Crippen LogP contribution is 2.24. The largest absolute Gasteiger partial charge is 0.343 e. The average Bonchev–Trinajstić information content (AvgIpc) is 3.03. The molecule has 2 nitrogen and oxygen atoms in total. The van der Waals surface area contributed by atoms with Gasteiger partial charge in [-0.05, 0) is 35.7 Å². The second kappa shape index (κ2) is 9.29. The van der Waals surface area contributed by atoms with Crippen molar-refractivity contribution in [2.45, 2.75) is 26.6 Å². The van der Waals surface area contributed by atoms with Gasteiger partial charge in [0.25, 0.3) is 0 Å². The van der Waals surface area contributed by atoms with Crippen molar-refractivity contribution in [1.29, 1.82) is 0 Å². The molecule has 0 aliphatic carbocycles. The Labute approximate surface area is 177 Å². The van der Waals surface area contributed by atoms with E-state index in [4.69, 9.17) is 11.6 Å². The maximum Gasteiger partial charge on any atom is 0.0491 e. The molecule has 1 aromatic heterocycles. The summed E-state index contributed by atoms with van der Waals surface area (Å²) in [4.78, 5) is 0. The number of aryl methyl sites for hydroxylation is 1. The Hall–Kier alpha value is -2.26. The summed E-state index contributed by atoms with van der Waals surface area (Å²) in [6.07, 6.45) is 2.25. The minimum atomic E-state index is 0. The Morgan fingerprint density at radius 3 is 2.32 bits per heavy atom. The number of fused-ring (bicyclic) bond motifs is 1. The van der Waals surface area contributed by atoms with Gasteiger partial charge in [-0.3, -0.25) is 0 Å². The average molecular weight is 411 g/mol. The zero-order valence-electron chi connectivity index (χ0n) is 15.9. The first-order valence-electron chi connectivity index (χ1n) is 9.27. The van der Waals surface area contributed by atoms with Gasteiger partial charge < -0.3 is 9.88 Å². The highest BCUT2D eigenvalue weighted by Gasteiger charge is 2.09. The molecular weight excluding hydrogens is 387 g/mol. The number of hydrogen-bond donors (Lipinski definition) is 1. The third-order valence-corrected chi connectivity index (χ3v) is 5.30. The lowest BCUT2D eigenvalue weighted by atomic mass is 10.1. The molecule has 0 aliphatic rings. The fraction of sp³-hybridized carbons (Fsp3) is 0.167. The standard InChI is InChI=1S/C24H23ClN2.ClH/c1-18-10-12-19(13-11-18)14-26-15-21-17-27(24-9-5-3-7-22(21)24)16-20-6-2-4-8-23(20)25;/h2-13,17,26H,14-16H2,1H3;1H. The van der Waals surface area contributed by atoms with Crippen molar-refractivity contribution < 1.29 is 0 Å². The van der Waals surface area contributed by atoms with E-state index in [-0.39, 0.29) is 12.4 Å². The van der Waals surface area contributed by atoms with Crippen LogP contribution in [0.3, 0.4) is 0 Å². The maximum atomic E-state index is 6.37. The quantitative estimate of drug-likeness (QED) is 0.391. The second-order valence-corrected chi connectivity index (χ2v) is 7.39. The number of benzene rings is 3. The minimum Gasteiger partial charge on any atom is -0.343 e. The fourth-order valence-corrected chi connectivity index (χ4v) is 3.65. The van der Waals surface area contributed by atoms with Gasteiger partial charge in [0, 0.05) is 41.8 Å². The number of hydrogen-bond acceptors (Lipinski definition) is 1. The third kappa shape index (κ3) is 4.59. The molecule has 0 bridgehead atoms. The van der Waals surface area contributed by atoms with Crippen molar-refractivity contribution in [3.05, 3.63) is 106 Å². The maximum absolute atomic E-state index is 6.37. The summed E-state index contributed by atoms with van der Waals surface area (Å²) in [6, 6.07) is 25.3. The smallest absolute Gasteiger partial charge is 0.0491 e. The van der Waals surface area contributed by atoms with Crippen LogP contribution in [0.2, 0.25) is 5.02 Å². The molecule has 28 heavy (non-hydrogen) atoms. The summed E-state index contributed by atoms with van der Waals surface area (Å²) in [6.45, 7) is 4.59. The summed E-state index contributed by atoms with van der Waals surface area (Å²) in [5.74, 6) is 0. The van der Waals surface area contributed by atoms with Crippen LogP contribution in [0.1, 0.15) is 22.3 Å². The van der Waals surface area contributed by atoms with Gasteiger partial charge in [-0.25, -0.2) is 0 Å². The molecule has 4 rings (SSSR count). The molecule has 1 N–H and O–H groups in total. The highest BCUT2D eigenvalue weighted by atomic mass is 35.5. The molecule has 0 saturated heterocycles. The second-order valence-electron chi connectivity index (χ2n) is 6.98. The Balaban J connectivity index is 0.00000225. The van der Waals surface area contributed by atoms with Gasteiger partial charge in [-0.15, -0.1) is 12.4 Å². The summed E-state index contributed by atoms with van der Waals surface area (Å²) in [5.41, 5.74) is 6.29. The van der Waals surface area contributed by atoms with E-state index in [1.165, 1.54) is 27.6 Å². The van der Waals surface area contributed by atoms with E-state index in [0.717, 1.165) is 30.2 Å². The molecule has 0 aliphatic heterocycles. The highest BCUT2D eigenvalue weighted by molar-refractivity contribution is 6.31. The van der Waals surface area contributed by atoms with Gasteiger partial charge in [-0.2, -0.15) is 0 Å². The van der Waals surface area contributed by atoms with Gasteiger partial charge in [0.15, 0.2) is 0 Å². The van der Waals surface area contributed by atoms with E-state index in [1.54, 1.807) is 0 Å². The zero-order chi connectivity index (χ0) is 18.6. The number of aromatic nitrogens is 1. The van der Waals surface area contributed by atoms with Crippen LogP contribution in [0.15, 0.2) is 79.0 Å². The fourth-order valence-electron chi connectivity index (χ4n) is 3.45. The van der Waals surface area contributed by atoms with Crippen molar-refractivity contribution in [3.63, 3.8) is 0 Å². The van der Waals surface area contributed by atoms with Crippen molar-refractivity contribution in [1.82, 2.24) is 9.88 Å². The van der Waals surface area contributed by atoms with Crippen LogP contribution in [0, 0.1) is 6.92 Å². The predicted molar refractivity (Wildman–Crippen MR) is 121 cm³/mol. The number of para-hydroxylation sites is 1. The number of nitrogens with one attached hydrogen (secondary N) is 1. The van der Waals surface area contributed by atoms with E-state index in [0.29, 0.717) is 0 Å². The van der Waals surface area contributed by atoms with Crippen LogP contribution >= 0.6 is 24.0 Å². The van der Waals surface area contributed by atoms with Crippen LogP contribution < -0.4 is 5.32 Å². The molecule has 0 saturated carbocycles. The Kier molecular flexibility index (Phi) is 6.79. The predicted octanol–water partition coefficient (Wildman–Crippen LogP) is 6.36. The van der Waals surface area contributed by atoms with Gasteiger partial charge in [0.2, 0.25) is 0 Å².